The third-order valence-corrected chi connectivity index (χ3v) is 4.81. The van der Waals surface area contributed by atoms with Crippen LogP contribution in [0.5, 0.6) is 0 Å². The molecule has 1 aliphatic carbocycles. The maximum atomic E-state index is 11.8. The number of hydrogen-bond donors (Lipinski definition) is 3. The predicted molar refractivity (Wildman–Crippen MR) is 82.9 cm³/mol. The maximum Gasteiger partial charge on any atom is 0.319 e. The third kappa shape index (κ3) is 5.60. The van der Waals surface area contributed by atoms with Crippen LogP contribution in [0.4, 0.5) is 10.5 Å². The quantitative estimate of drug-likeness (QED) is 0.758. The first kappa shape index (κ1) is 16.2. The molecule has 0 saturated heterocycles. The highest BCUT2D eigenvalue weighted by Gasteiger charge is 2.27. The summed E-state index contributed by atoms with van der Waals surface area (Å²) >= 11 is 1.27. The molecule has 118 valence electrons. The van der Waals surface area contributed by atoms with Crippen molar-refractivity contribution in [3.63, 3.8) is 0 Å². The summed E-state index contributed by atoms with van der Waals surface area (Å²) in [6.07, 6.45) is 6.55. The van der Waals surface area contributed by atoms with E-state index in [9.17, 15) is 13.2 Å². The highest BCUT2D eigenvalue weighted by atomic mass is 32.2. The second-order valence-corrected chi connectivity index (χ2v) is 7.73. The first-order valence-electron chi connectivity index (χ1n) is 6.85. The molecule has 1 aliphatic rings. The van der Waals surface area contributed by atoms with Crippen molar-refractivity contribution in [2.24, 2.45) is 5.92 Å². The highest BCUT2D eigenvalue weighted by Crippen LogP contribution is 2.24. The van der Waals surface area contributed by atoms with E-state index in [-0.39, 0.29) is 18.0 Å². The lowest BCUT2D eigenvalue weighted by Crippen LogP contribution is -2.46. The molecule has 1 aromatic heterocycles. The Kier molecular flexibility index (Phi) is 5.54. The largest absolute Gasteiger partial charge is 0.338 e. The van der Waals surface area contributed by atoms with E-state index in [4.69, 9.17) is 0 Å². The molecule has 2 amide bonds. The van der Waals surface area contributed by atoms with Crippen molar-refractivity contribution >= 4 is 33.3 Å². The monoisotopic (exact) mass is 332 g/mol. The molecule has 0 spiro atoms. The van der Waals surface area contributed by atoms with Crippen LogP contribution in [0.2, 0.25) is 0 Å². The zero-order valence-corrected chi connectivity index (χ0v) is 13.5. The molecule has 1 fully saturated rings. The van der Waals surface area contributed by atoms with Gasteiger partial charge in [-0.05, 0) is 30.3 Å². The van der Waals surface area contributed by atoms with Crippen LogP contribution in [-0.2, 0) is 10.0 Å². The second kappa shape index (κ2) is 7.19. The van der Waals surface area contributed by atoms with Gasteiger partial charge in [0, 0.05) is 18.0 Å². The number of anilines is 1. The normalized spacial score (nSPS) is 22.7. The average molecular weight is 332 g/mol. The number of amides is 2. The number of carbonyl (C=O) groups is 1. The Balaban J connectivity index is 1.83. The Hall–Kier alpha value is -1.19. The van der Waals surface area contributed by atoms with Gasteiger partial charge in [0.25, 0.3) is 0 Å². The Morgan fingerprint density at radius 1 is 1.43 bits per heavy atom. The predicted octanol–water partition coefficient (Wildman–Crippen LogP) is 1.37. The zero-order chi connectivity index (χ0) is 15.3. The molecule has 2 unspecified atom stereocenters. The van der Waals surface area contributed by atoms with Gasteiger partial charge in [-0.2, -0.15) is 4.37 Å². The fourth-order valence-corrected chi connectivity index (χ4v) is 3.88. The van der Waals surface area contributed by atoms with E-state index in [1.54, 1.807) is 11.6 Å². The van der Waals surface area contributed by atoms with E-state index in [0.717, 1.165) is 25.7 Å². The number of hydrogen-bond acceptors (Lipinski definition) is 5. The minimum atomic E-state index is -3.22. The Labute approximate surface area is 128 Å². The van der Waals surface area contributed by atoms with E-state index in [1.807, 2.05) is 0 Å². The zero-order valence-electron chi connectivity index (χ0n) is 11.8. The third-order valence-electron chi connectivity index (χ3n) is 3.49. The summed E-state index contributed by atoms with van der Waals surface area (Å²) < 4.78 is 29.3. The first-order chi connectivity index (χ1) is 9.94. The van der Waals surface area contributed by atoms with Gasteiger partial charge in [-0.1, -0.05) is 12.8 Å². The van der Waals surface area contributed by atoms with Gasteiger partial charge in [-0.15, -0.1) is 0 Å². The van der Waals surface area contributed by atoms with Gasteiger partial charge in [-0.25, -0.2) is 17.9 Å². The topological polar surface area (TPSA) is 100 Å². The molecule has 0 aliphatic heterocycles. The summed E-state index contributed by atoms with van der Waals surface area (Å²) in [7, 11) is -3.22. The standard InChI is InChI=1S/C12H20N4O3S2/c1-21(18,19)16-11-5-3-2-4-9(11)6-13-12(17)15-10-7-14-20-8-10/h7-9,11,16H,2-6H2,1H3,(H2,13,15,17). The molecule has 1 heterocycles. The van der Waals surface area contributed by atoms with Gasteiger partial charge >= 0.3 is 6.03 Å². The number of nitrogens with one attached hydrogen (secondary N) is 3. The lowest BCUT2D eigenvalue weighted by atomic mass is 9.85. The molecule has 21 heavy (non-hydrogen) atoms. The minimum absolute atomic E-state index is 0.100. The van der Waals surface area contributed by atoms with Crippen molar-refractivity contribution in [2.75, 3.05) is 18.1 Å². The second-order valence-electron chi connectivity index (χ2n) is 5.29. The van der Waals surface area contributed by atoms with Crippen molar-refractivity contribution in [3.8, 4) is 0 Å². The van der Waals surface area contributed by atoms with E-state index >= 15 is 0 Å². The summed E-state index contributed by atoms with van der Waals surface area (Å²) in [5.74, 6) is 0.125. The van der Waals surface area contributed by atoms with Gasteiger partial charge in [0.1, 0.15) is 0 Å². The lowest BCUT2D eigenvalue weighted by molar-refractivity contribution is 0.242. The fraction of sp³-hybridized carbons (Fsp3) is 0.667. The molecule has 0 radical (unpaired) electrons. The molecular formula is C12H20N4O3S2. The van der Waals surface area contributed by atoms with Gasteiger partial charge < -0.3 is 10.6 Å². The van der Waals surface area contributed by atoms with Gasteiger partial charge in [0.15, 0.2) is 0 Å². The van der Waals surface area contributed by atoms with Crippen LogP contribution in [0, 0.1) is 5.92 Å². The molecular weight excluding hydrogens is 312 g/mol. The number of nitrogens with zero attached hydrogens (tertiary/aromatic N) is 1. The molecule has 2 atom stereocenters. The SMILES string of the molecule is CS(=O)(=O)NC1CCCCC1CNC(=O)Nc1cnsc1. The molecule has 7 nitrogen and oxygen atoms in total. The molecule has 1 saturated carbocycles. The summed E-state index contributed by atoms with van der Waals surface area (Å²) in [4.78, 5) is 11.8. The number of aromatic nitrogens is 1. The first-order valence-corrected chi connectivity index (χ1v) is 9.58. The molecule has 0 aromatic carbocycles. The molecule has 3 N–H and O–H groups in total. The van der Waals surface area contributed by atoms with E-state index in [0.29, 0.717) is 12.2 Å². The van der Waals surface area contributed by atoms with Crippen LogP contribution in [0.25, 0.3) is 0 Å². The molecule has 2 rings (SSSR count). The van der Waals surface area contributed by atoms with Crippen LogP contribution in [-0.4, -0.2) is 37.7 Å². The Morgan fingerprint density at radius 3 is 2.86 bits per heavy atom. The number of carbonyl (C=O) groups excluding carboxylic acids is 1. The van der Waals surface area contributed by atoms with Crippen molar-refractivity contribution < 1.29 is 13.2 Å². The van der Waals surface area contributed by atoms with Crippen LogP contribution in [0.3, 0.4) is 0 Å². The van der Waals surface area contributed by atoms with Gasteiger partial charge in [0.2, 0.25) is 10.0 Å². The Morgan fingerprint density at radius 2 is 2.19 bits per heavy atom. The molecule has 1 aromatic rings. The van der Waals surface area contributed by atoms with Crippen molar-refractivity contribution in [2.45, 2.75) is 31.7 Å². The van der Waals surface area contributed by atoms with Gasteiger partial charge in [-0.3, -0.25) is 0 Å². The summed E-state index contributed by atoms with van der Waals surface area (Å²) in [5, 5.41) is 7.23. The van der Waals surface area contributed by atoms with Crippen LogP contribution in [0.15, 0.2) is 11.6 Å². The average Bonchev–Trinajstić information content (AvgIpc) is 2.89. The summed E-state index contributed by atoms with van der Waals surface area (Å²) in [6, 6.07) is -0.393. The van der Waals surface area contributed by atoms with E-state index in [1.165, 1.54) is 17.8 Å². The van der Waals surface area contributed by atoms with Crippen LogP contribution < -0.4 is 15.4 Å². The van der Waals surface area contributed by atoms with Crippen molar-refractivity contribution in [3.05, 3.63) is 11.6 Å². The maximum absolute atomic E-state index is 11.8. The van der Waals surface area contributed by atoms with Crippen LogP contribution >= 0.6 is 11.5 Å². The highest BCUT2D eigenvalue weighted by molar-refractivity contribution is 7.88. The molecule has 9 heteroatoms. The number of urea groups is 1. The van der Waals surface area contributed by atoms with Crippen molar-refractivity contribution in [1.82, 2.24) is 14.4 Å². The number of rotatable bonds is 5. The summed E-state index contributed by atoms with van der Waals surface area (Å²) in [5.41, 5.74) is 0.659. The number of sulfonamides is 1. The van der Waals surface area contributed by atoms with E-state index in [2.05, 4.69) is 19.7 Å². The summed E-state index contributed by atoms with van der Waals surface area (Å²) in [6.45, 7) is 0.455. The smallest absolute Gasteiger partial charge is 0.319 e. The molecule has 0 bridgehead atoms. The van der Waals surface area contributed by atoms with Crippen LogP contribution in [0.1, 0.15) is 25.7 Å². The van der Waals surface area contributed by atoms with Crippen molar-refractivity contribution in [1.29, 1.82) is 0 Å². The van der Waals surface area contributed by atoms with E-state index < -0.39 is 10.0 Å². The van der Waals surface area contributed by atoms with Gasteiger partial charge in [0.05, 0.1) is 18.1 Å². The fourth-order valence-electron chi connectivity index (χ4n) is 2.55. The lowest BCUT2D eigenvalue weighted by Gasteiger charge is -2.31. The minimum Gasteiger partial charge on any atom is -0.338 e. The Bertz CT molecular complexity index is 559.